The number of esters is 1. The second kappa shape index (κ2) is 10.1. The summed E-state index contributed by atoms with van der Waals surface area (Å²) in [6.45, 7) is 5.83. The Morgan fingerprint density at radius 2 is 1.69 bits per heavy atom. The van der Waals surface area contributed by atoms with Crippen molar-refractivity contribution in [3.8, 4) is 11.5 Å². The molecule has 0 aliphatic carbocycles. The number of methoxy groups -OCH3 is 1. The van der Waals surface area contributed by atoms with Gasteiger partial charge in [0.1, 0.15) is 29.2 Å². The van der Waals surface area contributed by atoms with Crippen molar-refractivity contribution in [2.75, 3.05) is 25.6 Å². The van der Waals surface area contributed by atoms with Gasteiger partial charge in [0.15, 0.2) is 11.4 Å². The maximum Gasteiger partial charge on any atom is 0.412 e. The van der Waals surface area contributed by atoms with Crippen LogP contribution in [0.3, 0.4) is 0 Å². The molecule has 29 heavy (non-hydrogen) atoms. The molecule has 156 valence electrons. The van der Waals surface area contributed by atoms with E-state index >= 15 is 0 Å². The van der Waals surface area contributed by atoms with Crippen LogP contribution >= 0.6 is 15.9 Å². The van der Waals surface area contributed by atoms with Gasteiger partial charge in [0.25, 0.3) is 0 Å². The van der Waals surface area contributed by atoms with Crippen LogP contribution in [0.1, 0.15) is 31.3 Å². The molecule has 1 N–H and O–H groups in total. The summed E-state index contributed by atoms with van der Waals surface area (Å²) in [7, 11) is 1.28. The minimum Gasteiger partial charge on any atom is -0.490 e. The standard InChI is InChI=1S/C20H23BrN2O6/c1-20(2,3)29-19(25)22-13-5-7-14(8-6-13)27-11-12-28-15-9-10-16(21)23-17(15)18(24)26-4/h5-10H,11-12H2,1-4H3,(H,22,25). The summed E-state index contributed by atoms with van der Waals surface area (Å²) in [5.41, 5.74) is 0.108. The van der Waals surface area contributed by atoms with Crippen molar-refractivity contribution in [3.05, 3.63) is 46.7 Å². The van der Waals surface area contributed by atoms with Gasteiger partial charge >= 0.3 is 12.1 Å². The molecule has 0 aliphatic rings. The lowest BCUT2D eigenvalue weighted by molar-refractivity contribution is 0.0585. The largest absolute Gasteiger partial charge is 0.490 e. The fourth-order valence-electron chi connectivity index (χ4n) is 2.15. The Balaban J connectivity index is 1.83. The maximum atomic E-state index is 11.8. The highest BCUT2D eigenvalue weighted by Gasteiger charge is 2.17. The van der Waals surface area contributed by atoms with Gasteiger partial charge in [-0.2, -0.15) is 0 Å². The molecule has 1 aromatic carbocycles. The number of nitrogens with zero attached hydrogens (tertiary/aromatic N) is 1. The number of hydrogen-bond acceptors (Lipinski definition) is 7. The first-order valence-corrected chi connectivity index (χ1v) is 9.58. The topological polar surface area (TPSA) is 96.0 Å². The van der Waals surface area contributed by atoms with Crippen molar-refractivity contribution in [1.82, 2.24) is 4.98 Å². The number of benzene rings is 1. The third kappa shape index (κ3) is 7.61. The van der Waals surface area contributed by atoms with E-state index < -0.39 is 17.7 Å². The molecule has 0 spiro atoms. The number of amides is 1. The van der Waals surface area contributed by atoms with E-state index in [4.69, 9.17) is 18.9 Å². The lowest BCUT2D eigenvalue weighted by atomic mass is 10.2. The fraction of sp³-hybridized carbons (Fsp3) is 0.350. The molecular formula is C20H23BrN2O6. The smallest absolute Gasteiger partial charge is 0.412 e. The Hall–Kier alpha value is -2.81. The van der Waals surface area contributed by atoms with E-state index in [9.17, 15) is 9.59 Å². The Bertz CT molecular complexity index is 849. The first-order valence-electron chi connectivity index (χ1n) is 8.78. The number of carbonyl (C=O) groups excluding carboxylic acids is 2. The molecule has 1 heterocycles. The summed E-state index contributed by atoms with van der Waals surface area (Å²) < 4.78 is 21.6. The molecule has 0 unspecified atom stereocenters. The molecule has 2 aromatic rings. The van der Waals surface area contributed by atoms with Gasteiger partial charge < -0.3 is 18.9 Å². The Kier molecular flexibility index (Phi) is 7.83. The van der Waals surface area contributed by atoms with Crippen LogP contribution in [0, 0.1) is 0 Å². The molecule has 9 heteroatoms. The molecule has 0 saturated heterocycles. The number of nitrogens with one attached hydrogen (secondary N) is 1. The number of aromatic nitrogens is 1. The zero-order valence-electron chi connectivity index (χ0n) is 16.7. The second-order valence-corrected chi connectivity index (χ2v) is 7.63. The number of rotatable bonds is 7. The summed E-state index contributed by atoms with van der Waals surface area (Å²) in [5.74, 6) is 0.321. The minimum absolute atomic E-state index is 0.0828. The molecule has 0 bridgehead atoms. The summed E-state index contributed by atoms with van der Waals surface area (Å²) in [5, 5.41) is 2.65. The van der Waals surface area contributed by atoms with E-state index in [1.165, 1.54) is 7.11 Å². The second-order valence-electron chi connectivity index (χ2n) is 6.82. The van der Waals surface area contributed by atoms with Crippen LogP contribution in [-0.4, -0.2) is 43.0 Å². The average molecular weight is 467 g/mol. The third-order valence-corrected chi connectivity index (χ3v) is 3.75. The summed E-state index contributed by atoms with van der Waals surface area (Å²) in [6, 6.07) is 10.1. The average Bonchev–Trinajstić information content (AvgIpc) is 2.65. The Morgan fingerprint density at radius 3 is 2.31 bits per heavy atom. The molecule has 0 aliphatic heterocycles. The van der Waals surface area contributed by atoms with Crippen molar-refractivity contribution in [1.29, 1.82) is 0 Å². The van der Waals surface area contributed by atoms with Gasteiger partial charge in [-0.15, -0.1) is 0 Å². The van der Waals surface area contributed by atoms with Gasteiger partial charge in [0, 0.05) is 5.69 Å². The first-order chi connectivity index (χ1) is 13.7. The van der Waals surface area contributed by atoms with E-state index in [1.807, 2.05) is 0 Å². The first kappa shape index (κ1) is 22.5. The SMILES string of the molecule is COC(=O)c1nc(Br)ccc1OCCOc1ccc(NC(=O)OC(C)(C)C)cc1. The van der Waals surface area contributed by atoms with Gasteiger partial charge in [-0.25, -0.2) is 14.6 Å². The van der Waals surface area contributed by atoms with Crippen LogP contribution < -0.4 is 14.8 Å². The molecular weight excluding hydrogens is 444 g/mol. The van der Waals surface area contributed by atoms with E-state index in [0.29, 0.717) is 21.8 Å². The van der Waals surface area contributed by atoms with Crippen molar-refractivity contribution in [3.63, 3.8) is 0 Å². The van der Waals surface area contributed by atoms with Gasteiger partial charge in [-0.05, 0) is 73.1 Å². The molecule has 0 fully saturated rings. The van der Waals surface area contributed by atoms with E-state index in [1.54, 1.807) is 57.2 Å². The van der Waals surface area contributed by atoms with Gasteiger partial charge in [-0.1, -0.05) is 0 Å². The van der Waals surface area contributed by atoms with Crippen molar-refractivity contribution >= 4 is 33.7 Å². The highest BCUT2D eigenvalue weighted by atomic mass is 79.9. The minimum atomic E-state index is -0.588. The number of halogens is 1. The Labute approximate surface area is 177 Å². The number of carbonyl (C=O) groups is 2. The summed E-state index contributed by atoms with van der Waals surface area (Å²) >= 11 is 3.21. The number of anilines is 1. The van der Waals surface area contributed by atoms with Crippen LogP contribution in [0.25, 0.3) is 0 Å². The maximum absolute atomic E-state index is 11.8. The molecule has 2 rings (SSSR count). The van der Waals surface area contributed by atoms with E-state index in [-0.39, 0.29) is 18.9 Å². The number of pyridine rings is 1. The van der Waals surface area contributed by atoms with Gasteiger partial charge in [-0.3, -0.25) is 5.32 Å². The summed E-state index contributed by atoms with van der Waals surface area (Å²) in [6.07, 6.45) is -0.524. The number of ether oxygens (including phenoxy) is 4. The van der Waals surface area contributed by atoms with Crippen molar-refractivity contribution < 1.29 is 28.5 Å². The van der Waals surface area contributed by atoms with Crippen LogP contribution in [0.4, 0.5) is 10.5 Å². The zero-order valence-corrected chi connectivity index (χ0v) is 18.2. The molecule has 1 amide bonds. The summed E-state index contributed by atoms with van der Waals surface area (Å²) in [4.78, 5) is 27.6. The normalized spacial score (nSPS) is 10.8. The van der Waals surface area contributed by atoms with Crippen molar-refractivity contribution in [2.24, 2.45) is 0 Å². The lowest BCUT2D eigenvalue weighted by Gasteiger charge is -2.19. The lowest BCUT2D eigenvalue weighted by Crippen LogP contribution is -2.27. The van der Waals surface area contributed by atoms with Crippen LogP contribution in [0.2, 0.25) is 0 Å². The predicted octanol–water partition coefficient (Wildman–Crippen LogP) is 4.44. The molecule has 0 atom stereocenters. The third-order valence-electron chi connectivity index (χ3n) is 3.31. The Morgan fingerprint density at radius 1 is 1.03 bits per heavy atom. The molecule has 0 radical (unpaired) electrons. The molecule has 8 nitrogen and oxygen atoms in total. The van der Waals surface area contributed by atoms with Crippen LogP contribution in [-0.2, 0) is 9.47 Å². The van der Waals surface area contributed by atoms with E-state index in [2.05, 4.69) is 26.2 Å². The van der Waals surface area contributed by atoms with Crippen LogP contribution in [0.5, 0.6) is 11.5 Å². The zero-order chi connectivity index (χ0) is 21.4. The van der Waals surface area contributed by atoms with Gasteiger partial charge in [0.2, 0.25) is 0 Å². The van der Waals surface area contributed by atoms with Gasteiger partial charge in [0.05, 0.1) is 7.11 Å². The number of hydrogen-bond donors (Lipinski definition) is 1. The van der Waals surface area contributed by atoms with Crippen molar-refractivity contribution in [2.45, 2.75) is 26.4 Å². The van der Waals surface area contributed by atoms with Crippen LogP contribution in [0.15, 0.2) is 41.0 Å². The highest BCUT2D eigenvalue weighted by molar-refractivity contribution is 9.10. The predicted molar refractivity (Wildman–Crippen MR) is 111 cm³/mol. The monoisotopic (exact) mass is 466 g/mol. The quantitative estimate of drug-likeness (QED) is 0.366. The van der Waals surface area contributed by atoms with E-state index in [0.717, 1.165) is 0 Å². The highest BCUT2D eigenvalue weighted by Crippen LogP contribution is 2.21. The molecule has 0 saturated carbocycles. The fourth-order valence-corrected chi connectivity index (χ4v) is 2.46. The molecule has 1 aromatic heterocycles.